The molecule has 5 heteroatoms. The summed E-state index contributed by atoms with van der Waals surface area (Å²) in [6.45, 7) is 0. The summed E-state index contributed by atoms with van der Waals surface area (Å²) in [6.07, 6.45) is 0. The van der Waals surface area contributed by atoms with Crippen LogP contribution in [0.5, 0.6) is 0 Å². The molecular formula is C8H5K2NO2. The van der Waals surface area contributed by atoms with Crippen LogP contribution in [0.4, 0.5) is 0 Å². The fourth-order valence-electron chi connectivity index (χ4n) is 1.12. The molecule has 1 aliphatic rings. The zero-order valence-electron chi connectivity index (χ0n) is 7.63. The number of rotatable bonds is 0. The second-order valence-electron chi connectivity index (χ2n) is 2.33. The molecule has 0 saturated carbocycles. The Bertz CT molecular complexity index is 319. The van der Waals surface area contributed by atoms with E-state index in [-0.39, 0.29) is 115 Å². The van der Waals surface area contributed by atoms with E-state index in [1.807, 2.05) is 0 Å². The van der Waals surface area contributed by atoms with Crippen molar-refractivity contribution in [3.05, 3.63) is 35.4 Å². The van der Waals surface area contributed by atoms with Crippen LogP contribution in [0.2, 0.25) is 0 Å². The molecule has 13 heavy (non-hydrogen) atoms. The summed E-state index contributed by atoms with van der Waals surface area (Å²) >= 11 is 0. The Hall–Kier alpha value is 1.63. The molecule has 1 N–H and O–H groups in total. The van der Waals surface area contributed by atoms with Crippen LogP contribution in [0.15, 0.2) is 24.3 Å². The van der Waals surface area contributed by atoms with Gasteiger partial charge in [0, 0.05) is 103 Å². The minimum absolute atomic E-state index is 0. The first-order valence-corrected chi connectivity index (χ1v) is 3.24. The van der Waals surface area contributed by atoms with Gasteiger partial charge in [-0.2, -0.15) is 0 Å². The summed E-state index contributed by atoms with van der Waals surface area (Å²) in [5, 5.41) is 2.20. The number of fused-ring (bicyclic) bond motifs is 1. The van der Waals surface area contributed by atoms with Gasteiger partial charge in [-0.25, -0.2) is 0 Å². The van der Waals surface area contributed by atoms with Crippen molar-refractivity contribution < 1.29 is 9.59 Å². The number of nitrogens with one attached hydrogen (secondary N) is 1. The van der Waals surface area contributed by atoms with Gasteiger partial charge in [0.05, 0.1) is 11.1 Å². The third kappa shape index (κ3) is 3.04. The molecular weight excluding hydrogens is 220 g/mol. The van der Waals surface area contributed by atoms with E-state index in [0.29, 0.717) is 11.1 Å². The van der Waals surface area contributed by atoms with E-state index < -0.39 is 0 Å². The maximum Gasteiger partial charge on any atom is 0.258 e. The standard InChI is InChI=1S/C8H5NO2.2K/c10-7-5-3-1-2-4-6(5)8(11)9-7;;/h1-4H,(H,9,10,11);;. The Labute approximate surface area is 161 Å². The molecule has 2 radical (unpaired) electrons. The van der Waals surface area contributed by atoms with Gasteiger partial charge in [0.1, 0.15) is 0 Å². The van der Waals surface area contributed by atoms with Gasteiger partial charge in [-0.1, -0.05) is 12.1 Å². The quantitative estimate of drug-likeness (QED) is 0.491. The second-order valence-corrected chi connectivity index (χ2v) is 2.33. The van der Waals surface area contributed by atoms with Crippen molar-refractivity contribution >= 4 is 115 Å². The maximum atomic E-state index is 10.9. The molecule has 0 atom stereocenters. The van der Waals surface area contributed by atoms with Gasteiger partial charge < -0.3 is 0 Å². The molecule has 0 spiro atoms. The molecule has 2 amide bonds. The normalized spacial score (nSPS) is 12.3. The van der Waals surface area contributed by atoms with E-state index in [1.165, 1.54) is 0 Å². The largest absolute Gasteiger partial charge is 0.288 e. The molecule has 1 aromatic rings. The van der Waals surface area contributed by atoms with Gasteiger partial charge in [0.2, 0.25) is 0 Å². The monoisotopic (exact) mass is 225 g/mol. The molecule has 1 heterocycles. The molecule has 0 fully saturated rings. The first-order valence-electron chi connectivity index (χ1n) is 3.24. The van der Waals surface area contributed by atoms with E-state index in [9.17, 15) is 9.59 Å². The van der Waals surface area contributed by atoms with Crippen LogP contribution in [-0.2, 0) is 0 Å². The average molecular weight is 225 g/mol. The van der Waals surface area contributed by atoms with E-state index >= 15 is 0 Å². The van der Waals surface area contributed by atoms with E-state index in [1.54, 1.807) is 24.3 Å². The average Bonchev–Trinajstić information content (AvgIpc) is 2.30. The Balaban J connectivity index is 0.000000720. The minimum Gasteiger partial charge on any atom is -0.288 e. The van der Waals surface area contributed by atoms with Crippen LogP contribution in [0.3, 0.4) is 0 Å². The molecule has 1 aliphatic heterocycles. The predicted molar refractivity (Wildman–Crippen MR) is 49.7 cm³/mol. The van der Waals surface area contributed by atoms with Crippen molar-refractivity contribution in [1.29, 1.82) is 0 Å². The number of carbonyl (C=O) groups excluding carboxylic acids is 2. The number of hydrogen-bond acceptors (Lipinski definition) is 2. The van der Waals surface area contributed by atoms with Crippen molar-refractivity contribution in [3.63, 3.8) is 0 Å². The third-order valence-electron chi connectivity index (χ3n) is 1.64. The topological polar surface area (TPSA) is 46.2 Å². The van der Waals surface area contributed by atoms with E-state index in [4.69, 9.17) is 0 Å². The molecule has 0 aromatic heterocycles. The van der Waals surface area contributed by atoms with Crippen LogP contribution < -0.4 is 5.32 Å². The first kappa shape index (κ1) is 14.6. The number of hydrogen-bond donors (Lipinski definition) is 1. The fourth-order valence-corrected chi connectivity index (χ4v) is 1.12. The van der Waals surface area contributed by atoms with Gasteiger partial charge in [-0.15, -0.1) is 0 Å². The van der Waals surface area contributed by atoms with Gasteiger partial charge in [-0.05, 0) is 12.1 Å². The summed E-state index contributed by atoms with van der Waals surface area (Å²) in [5.41, 5.74) is 0.940. The molecule has 1 aromatic carbocycles. The Morgan fingerprint density at radius 1 is 0.846 bits per heavy atom. The van der Waals surface area contributed by atoms with Crippen molar-refractivity contribution in [2.75, 3.05) is 0 Å². The second kappa shape index (κ2) is 6.27. The minimum atomic E-state index is -0.300. The third-order valence-corrected chi connectivity index (χ3v) is 1.64. The Morgan fingerprint density at radius 2 is 1.23 bits per heavy atom. The number of amides is 2. The predicted octanol–water partition coefficient (Wildman–Crippen LogP) is -0.191. The molecule has 0 unspecified atom stereocenters. The number of carbonyl (C=O) groups is 2. The van der Waals surface area contributed by atoms with Gasteiger partial charge in [0.15, 0.2) is 0 Å². The van der Waals surface area contributed by atoms with Crippen LogP contribution in [0.25, 0.3) is 0 Å². The first-order chi connectivity index (χ1) is 5.29. The van der Waals surface area contributed by atoms with Crippen LogP contribution in [0, 0.1) is 0 Å². The maximum absolute atomic E-state index is 10.9. The molecule has 3 nitrogen and oxygen atoms in total. The number of benzene rings is 1. The fraction of sp³-hybridized carbons (Fsp3) is 0. The van der Waals surface area contributed by atoms with Gasteiger partial charge in [-0.3, -0.25) is 14.9 Å². The van der Waals surface area contributed by atoms with Gasteiger partial charge >= 0.3 is 0 Å². The van der Waals surface area contributed by atoms with Crippen LogP contribution in [0.1, 0.15) is 20.7 Å². The molecule has 56 valence electrons. The summed E-state index contributed by atoms with van der Waals surface area (Å²) in [7, 11) is 0. The summed E-state index contributed by atoms with van der Waals surface area (Å²) in [6, 6.07) is 6.74. The summed E-state index contributed by atoms with van der Waals surface area (Å²) in [4.78, 5) is 21.9. The Morgan fingerprint density at radius 3 is 1.62 bits per heavy atom. The molecule has 0 aliphatic carbocycles. The smallest absolute Gasteiger partial charge is 0.258 e. The van der Waals surface area contributed by atoms with Crippen molar-refractivity contribution in [3.8, 4) is 0 Å². The van der Waals surface area contributed by atoms with Crippen molar-refractivity contribution in [2.45, 2.75) is 0 Å². The van der Waals surface area contributed by atoms with Crippen LogP contribution >= 0.6 is 0 Å². The van der Waals surface area contributed by atoms with E-state index in [0.717, 1.165) is 0 Å². The van der Waals surface area contributed by atoms with E-state index in [2.05, 4.69) is 5.32 Å². The Kier molecular flexibility index (Phi) is 7.05. The molecule has 0 saturated heterocycles. The molecule has 2 rings (SSSR count). The zero-order chi connectivity index (χ0) is 7.84. The van der Waals surface area contributed by atoms with Crippen molar-refractivity contribution in [2.24, 2.45) is 0 Å². The van der Waals surface area contributed by atoms with Gasteiger partial charge in [0.25, 0.3) is 11.8 Å². The van der Waals surface area contributed by atoms with Crippen molar-refractivity contribution in [1.82, 2.24) is 5.32 Å². The zero-order valence-corrected chi connectivity index (χ0v) is 13.9. The summed E-state index contributed by atoms with van der Waals surface area (Å²) < 4.78 is 0. The number of imide groups is 1. The summed E-state index contributed by atoms with van der Waals surface area (Å²) in [5.74, 6) is -0.601. The van der Waals surface area contributed by atoms with Crippen LogP contribution in [-0.4, -0.2) is 115 Å². The SMILES string of the molecule is O=C1NC(=O)c2ccccc21.[K].[K]. The molecule has 0 bridgehead atoms.